The number of carbonyl (C=O) groups is 1. The van der Waals surface area contributed by atoms with Gasteiger partial charge in [-0.1, -0.05) is 12.1 Å². The Hall–Kier alpha value is -2.56. The molecule has 2 rings (SSSR count). The van der Waals surface area contributed by atoms with Gasteiger partial charge in [-0.25, -0.2) is 4.39 Å². The third-order valence-corrected chi connectivity index (χ3v) is 2.81. The van der Waals surface area contributed by atoms with Crippen LogP contribution in [0.5, 0.6) is 5.75 Å². The summed E-state index contributed by atoms with van der Waals surface area (Å²) >= 11 is 0. The minimum Gasteiger partial charge on any atom is -0.496 e. The number of nitrogen functional groups attached to an aromatic ring is 1. The van der Waals surface area contributed by atoms with Gasteiger partial charge in [0.05, 0.1) is 12.7 Å². The lowest BCUT2D eigenvalue weighted by Crippen LogP contribution is -2.23. The molecule has 20 heavy (non-hydrogen) atoms. The first-order valence-electron chi connectivity index (χ1n) is 6.06. The number of benzene rings is 2. The maximum atomic E-state index is 13.0. The Labute approximate surface area is 116 Å². The van der Waals surface area contributed by atoms with Crippen molar-refractivity contribution in [2.75, 3.05) is 12.8 Å². The van der Waals surface area contributed by atoms with Crippen molar-refractivity contribution in [2.24, 2.45) is 0 Å². The fourth-order valence-electron chi connectivity index (χ4n) is 1.83. The Morgan fingerprint density at radius 3 is 2.80 bits per heavy atom. The van der Waals surface area contributed by atoms with Gasteiger partial charge in [0.25, 0.3) is 5.91 Å². The summed E-state index contributed by atoms with van der Waals surface area (Å²) in [6.07, 6.45) is 0. The molecule has 0 radical (unpaired) electrons. The Kier molecular flexibility index (Phi) is 4.20. The zero-order chi connectivity index (χ0) is 14.5. The van der Waals surface area contributed by atoms with Gasteiger partial charge in [0.2, 0.25) is 0 Å². The van der Waals surface area contributed by atoms with Gasteiger partial charge in [-0.15, -0.1) is 0 Å². The molecule has 0 atom stereocenters. The number of carbonyl (C=O) groups excluding carboxylic acids is 1. The Bertz CT molecular complexity index is 629. The van der Waals surface area contributed by atoms with Crippen LogP contribution < -0.4 is 15.8 Å². The van der Waals surface area contributed by atoms with Crippen molar-refractivity contribution in [1.82, 2.24) is 5.32 Å². The van der Waals surface area contributed by atoms with Crippen molar-refractivity contribution in [2.45, 2.75) is 6.54 Å². The van der Waals surface area contributed by atoms with Crippen molar-refractivity contribution >= 4 is 11.6 Å². The van der Waals surface area contributed by atoms with E-state index in [-0.39, 0.29) is 18.3 Å². The molecule has 0 spiro atoms. The number of nitrogens with one attached hydrogen (secondary N) is 1. The van der Waals surface area contributed by atoms with Crippen LogP contribution in [0, 0.1) is 5.82 Å². The molecule has 0 fully saturated rings. The van der Waals surface area contributed by atoms with Gasteiger partial charge in [-0.3, -0.25) is 4.79 Å². The van der Waals surface area contributed by atoms with E-state index in [1.54, 1.807) is 30.3 Å². The minimum absolute atomic E-state index is 0.231. The highest BCUT2D eigenvalue weighted by Gasteiger charge is 2.12. The summed E-state index contributed by atoms with van der Waals surface area (Å²) in [6.45, 7) is 0.231. The van der Waals surface area contributed by atoms with Gasteiger partial charge in [0.1, 0.15) is 11.6 Å². The standard InChI is InChI=1S/C15H15FN2O2/c1-20-14-6-5-12(17)8-13(14)15(19)18-9-10-3-2-4-11(16)7-10/h2-8H,9,17H2,1H3,(H,18,19). The van der Waals surface area contributed by atoms with Gasteiger partial charge in [0, 0.05) is 12.2 Å². The number of hydrogen-bond acceptors (Lipinski definition) is 3. The molecule has 0 saturated carbocycles. The number of methoxy groups -OCH3 is 1. The van der Waals surface area contributed by atoms with E-state index in [0.29, 0.717) is 22.6 Å². The third-order valence-electron chi connectivity index (χ3n) is 2.81. The Morgan fingerprint density at radius 1 is 1.30 bits per heavy atom. The number of halogens is 1. The number of amides is 1. The normalized spacial score (nSPS) is 10.1. The highest BCUT2D eigenvalue weighted by molar-refractivity contribution is 5.97. The first-order valence-corrected chi connectivity index (χ1v) is 6.06. The van der Waals surface area contributed by atoms with E-state index in [0.717, 1.165) is 0 Å². The molecule has 0 bridgehead atoms. The number of hydrogen-bond donors (Lipinski definition) is 2. The van der Waals surface area contributed by atoms with E-state index in [4.69, 9.17) is 10.5 Å². The lowest BCUT2D eigenvalue weighted by Gasteiger charge is -2.10. The predicted octanol–water partition coefficient (Wildman–Crippen LogP) is 2.35. The second-order valence-electron chi connectivity index (χ2n) is 4.27. The van der Waals surface area contributed by atoms with E-state index < -0.39 is 0 Å². The highest BCUT2D eigenvalue weighted by atomic mass is 19.1. The van der Waals surface area contributed by atoms with Crippen molar-refractivity contribution in [3.05, 3.63) is 59.4 Å². The first-order chi connectivity index (χ1) is 9.60. The second-order valence-corrected chi connectivity index (χ2v) is 4.27. The number of rotatable bonds is 4. The topological polar surface area (TPSA) is 64.3 Å². The van der Waals surface area contributed by atoms with E-state index in [1.165, 1.54) is 19.2 Å². The van der Waals surface area contributed by atoms with E-state index in [9.17, 15) is 9.18 Å². The molecule has 0 aromatic heterocycles. The van der Waals surface area contributed by atoms with Crippen LogP contribution in [0.3, 0.4) is 0 Å². The van der Waals surface area contributed by atoms with Gasteiger partial charge in [-0.05, 0) is 35.9 Å². The van der Waals surface area contributed by atoms with E-state index in [1.807, 2.05) is 0 Å². The van der Waals surface area contributed by atoms with Crippen molar-refractivity contribution in [1.29, 1.82) is 0 Å². The molecule has 5 heteroatoms. The molecule has 104 valence electrons. The number of ether oxygens (including phenoxy) is 1. The van der Waals surface area contributed by atoms with Crippen LogP contribution in [-0.4, -0.2) is 13.0 Å². The summed E-state index contributed by atoms with van der Waals surface area (Å²) in [5, 5.41) is 2.70. The quantitative estimate of drug-likeness (QED) is 0.841. The zero-order valence-electron chi connectivity index (χ0n) is 11.0. The molecule has 0 heterocycles. The SMILES string of the molecule is COc1ccc(N)cc1C(=O)NCc1cccc(F)c1. The largest absolute Gasteiger partial charge is 0.496 e. The molecular formula is C15H15FN2O2. The molecule has 2 aromatic rings. The van der Waals surface area contributed by atoms with E-state index in [2.05, 4.69) is 5.32 Å². The van der Waals surface area contributed by atoms with Crippen molar-refractivity contribution in [3.8, 4) is 5.75 Å². The van der Waals surface area contributed by atoms with Crippen LogP contribution in [0.1, 0.15) is 15.9 Å². The Morgan fingerprint density at radius 2 is 2.10 bits per heavy atom. The van der Waals surface area contributed by atoms with Gasteiger partial charge in [-0.2, -0.15) is 0 Å². The third kappa shape index (κ3) is 3.26. The molecule has 3 N–H and O–H groups in total. The molecule has 2 aromatic carbocycles. The lowest BCUT2D eigenvalue weighted by molar-refractivity contribution is 0.0948. The van der Waals surface area contributed by atoms with Crippen LogP contribution in [0.4, 0.5) is 10.1 Å². The van der Waals surface area contributed by atoms with Crippen molar-refractivity contribution in [3.63, 3.8) is 0 Å². The first kappa shape index (κ1) is 13.9. The zero-order valence-corrected chi connectivity index (χ0v) is 11.0. The number of nitrogens with two attached hydrogens (primary N) is 1. The average Bonchev–Trinajstić information content (AvgIpc) is 2.45. The van der Waals surface area contributed by atoms with Gasteiger partial charge >= 0.3 is 0 Å². The van der Waals surface area contributed by atoms with Crippen LogP contribution in [-0.2, 0) is 6.54 Å². The molecule has 0 saturated heterocycles. The summed E-state index contributed by atoms with van der Waals surface area (Å²) in [5.74, 6) is -0.215. The summed E-state index contributed by atoms with van der Waals surface area (Å²) in [7, 11) is 1.48. The van der Waals surface area contributed by atoms with Gasteiger partial charge < -0.3 is 15.8 Å². The summed E-state index contributed by atoms with van der Waals surface area (Å²) in [6, 6.07) is 10.9. The predicted molar refractivity (Wildman–Crippen MR) is 75.0 cm³/mol. The minimum atomic E-state index is -0.335. The highest BCUT2D eigenvalue weighted by Crippen LogP contribution is 2.21. The van der Waals surface area contributed by atoms with Crippen LogP contribution in [0.25, 0.3) is 0 Å². The summed E-state index contributed by atoms with van der Waals surface area (Å²) < 4.78 is 18.2. The van der Waals surface area contributed by atoms with Gasteiger partial charge in [0.15, 0.2) is 0 Å². The molecular weight excluding hydrogens is 259 g/mol. The number of anilines is 1. The second kappa shape index (κ2) is 6.06. The smallest absolute Gasteiger partial charge is 0.255 e. The van der Waals surface area contributed by atoms with Crippen LogP contribution in [0.2, 0.25) is 0 Å². The molecule has 0 aliphatic rings. The monoisotopic (exact) mass is 274 g/mol. The lowest BCUT2D eigenvalue weighted by atomic mass is 10.1. The maximum Gasteiger partial charge on any atom is 0.255 e. The molecule has 0 aliphatic carbocycles. The van der Waals surface area contributed by atoms with Crippen LogP contribution in [0.15, 0.2) is 42.5 Å². The maximum absolute atomic E-state index is 13.0. The fourth-order valence-corrected chi connectivity index (χ4v) is 1.83. The van der Waals surface area contributed by atoms with Crippen molar-refractivity contribution < 1.29 is 13.9 Å². The molecule has 4 nitrogen and oxygen atoms in total. The molecule has 0 unspecified atom stereocenters. The van der Waals surface area contributed by atoms with E-state index >= 15 is 0 Å². The summed E-state index contributed by atoms with van der Waals surface area (Å²) in [5.41, 5.74) is 7.17. The fraction of sp³-hybridized carbons (Fsp3) is 0.133. The molecule has 1 amide bonds. The van der Waals surface area contributed by atoms with Crippen LogP contribution >= 0.6 is 0 Å². The Balaban J connectivity index is 2.10. The molecule has 0 aliphatic heterocycles. The summed E-state index contributed by atoms with van der Waals surface area (Å²) in [4.78, 5) is 12.1. The average molecular weight is 274 g/mol.